The minimum atomic E-state index is -0.0689. The van der Waals surface area contributed by atoms with Gasteiger partial charge in [-0.15, -0.1) is 0 Å². The molecule has 92 valence electrons. The molecule has 2 heterocycles. The average molecular weight is 225 g/mol. The largest absolute Gasteiger partial charge is 0.454 e. The van der Waals surface area contributed by atoms with Gasteiger partial charge in [-0.3, -0.25) is 5.32 Å². The molecular weight excluding hydrogens is 201 g/mol. The van der Waals surface area contributed by atoms with Crippen molar-refractivity contribution < 1.29 is 9.31 Å². The Bertz CT molecular complexity index is 237. The van der Waals surface area contributed by atoms with Crippen LogP contribution in [0, 0.1) is 17.8 Å². The highest BCUT2D eigenvalue weighted by molar-refractivity contribution is 6.42. The Kier molecular flexibility index (Phi) is 3.93. The van der Waals surface area contributed by atoms with Crippen molar-refractivity contribution in [2.24, 2.45) is 17.8 Å². The molecule has 2 fully saturated rings. The maximum atomic E-state index is 5.83. The normalized spacial score (nSPS) is 40.7. The summed E-state index contributed by atoms with van der Waals surface area (Å²) in [7, 11) is -0.0689. The molecule has 4 unspecified atom stereocenters. The fraction of sp³-hybridized carbons (Fsp3) is 1.00. The topological polar surface area (TPSA) is 30.5 Å². The summed E-state index contributed by atoms with van der Waals surface area (Å²) in [5.41, 5.74) is 0. The summed E-state index contributed by atoms with van der Waals surface area (Å²) in [6.45, 7) is 9.77. The summed E-state index contributed by atoms with van der Waals surface area (Å²) in [5, 5.41) is 3.56. The van der Waals surface area contributed by atoms with Crippen LogP contribution in [0.15, 0.2) is 0 Å². The summed E-state index contributed by atoms with van der Waals surface area (Å²) in [5.74, 6) is 2.12. The van der Waals surface area contributed by atoms with E-state index >= 15 is 0 Å². The first-order valence-electron chi connectivity index (χ1n) is 6.59. The summed E-state index contributed by atoms with van der Waals surface area (Å²) >= 11 is 0. The lowest BCUT2D eigenvalue weighted by Crippen LogP contribution is -2.40. The van der Waals surface area contributed by atoms with E-state index < -0.39 is 0 Å². The van der Waals surface area contributed by atoms with E-state index in [1.165, 1.54) is 6.42 Å². The van der Waals surface area contributed by atoms with Gasteiger partial charge in [-0.25, -0.2) is 0 Å². The van der Waals surface area contributed by atoms with Crippen molar-refractivity contribution in [1.29, 1.82) is 0 Å². The first-order chi connectivity index (χ1) is 7.56. The standard InChI is InChI=1S/C12H24BNO2/c1-8(2)11-5-9(3)14-12-6-10(11)7-15-13(4)16-12/h8-12,14H,5-7H2,1-4H3. The van der Waals surface area contributed by atoms with Gasteiger partial charge >= 0.3 is 7.12 Å². The predicted octanol–water partition coefficient (Wildman–Crippen LogP) is 2.14. The SMILES string of the molecule is CB1OCC2CC(NC(C)CC2C(C)C)O1. The average Bonchev–Trinajstić information content (AvgIpc) is 2.45. The van der Waals surface area contributed by atoms with Crippen LogP contribution in [0.25, 0.3) is 0 Å². The highest BCUT2D eigenvalue weighted by Gasteiger charge is 2.37. The first kappa shape index (κ1) is 12.4. The quantitative estimate of drug-likeness (QED) is 0.693. The molecule has 3 nitrogen and oxygen atoms in total. The minimum absolute atomic E-state index is 0.0689. The monoisotopic (exact) mass is 225 g/mol. The van der Waals surface area contributed by atoms with Gasteiger partial charge in [0.25, 0.3) is 0 Å². The number of nitrogens with one attached hydrogen (secondary N) is 1. The molecule has 2 saturated heterocycles. The Labute approximate surface area is 99.4 Å². The van der Waals surface area contributed by atoms with Crippen molar-refractivity contribution in [3.05, 3.63) is 0 Å². The second kappa shape index (κ2) is 5.07. The van der Waals surface area contributed by atoms with Crippen LogP contribution in [0.2, 0.25) is 6.82 Å². The zero-order valence-corrected chi connectivity index (χ0v) is 10.9. The van der Waals surface area contributed by atoms with Gasteiger partial charge in [0.05, 0.1) is 6.23 Å². The van der Waals surface area contributed by atoms with Crippen LogP contribution in [0.4, 0.5) is 0 Å². The van der Waals surface area contributed by atoms with E-state index in [0.717, 1.165) is 24.9 Å². The highest BCUT2D eigenvalue weighted by atomic mass is 16.6. The number of hydrogen-bond donors (Lipinski definition) is 1. The van der Waals surface area contributed by atoms with E-state index in [1.807, 2.05) is 6.82 Å². The summed E-state index contributed by atoms with van der Waals surface area (Å²) < 4.78 is 11.6. The molecule has 0 aromatic heterocycles. The third kappa shape index (κ3) is 2.79. The van der Waals surface area contributed by atoms with Crippen LogP contribution >= 0.6 is 0 Å². The lowest BCUT2D eigenvalue weighted by Gasteiger charge is -2.28. The Morgan fingerprint density at radius 2 is 2.06 bits per heavy atom. The number of hydrogen-bond acceptors (Lipinski definition) is 3. The molecule has 2 rings (SSSR count). The predicted molar refractivity (Wildman–Crippen MR) is 66.1 cm³/mol. The molecule has 4 heteroatoms. The summed E-state index contributed by atoms with van der Waals surface area (Å²) in [6.07, 6.45) is 2.51. The fourth-order valence-electron chi connectivity index (χ4n) is 3.14. The van der Waals surface area contributed by atoms with E-state index in [0.29, 0.717) is 12.0 Å². The van der Waals surface area contributed by atoms with E-state index in [9.17, 15) is 0 Å². The Balaban J connectivity index is 2.12. The molecule has 0 spiro atoms. The minimum Gasteiger partial charge on any atom is -0.411 e. The molecule has 2 bridgehead atoms. The molecule has 16 heavy (non-hydrogen) atoms. The smallest absolute Gasteiger partial charge is 0.411 e. The third-order valence-electron chi connectivity index (χ3n) is 3.98. The van der Waals surface area contributed by atoms with Crippen LogP contribution in [0.1, 0.15) is 33.6 Å². The van der Waals surface area contributed by atoms with Gasteiger partial charge in [-0.1, -0.05) is 13.8 Å². The molecule has 2 aliphatic rings. The first-order valence-corrected chi connectivity index (χ1v) is 6.59. The second-order valence-electron chi connectivity index (χ2n) is 5.73. The van der Waals surface area contributed by atoms with Gasteiger partial charge < -0.3 is 9.31 Å². The summed E-state index contributed by atoms with van der Waals surface area (Å²) in [6, 6.07) is 0.549. The van der Waals surface area contributed by atoms with Gasteiger partial charge in [-0.05, 0) is 44.3 Å². The van der Waals surface area contributed by atoms with Crippen LogP contribution in [0.5, 0.6) is 0 Å². The van der Waals surface area contributed by atoms with Gasteiger partial charge in [0.15, 0.2) is 0 Å². The van der Waals surface area contributed by atoms with Crippen LogP contribution in [0.3, 0.4) is 0 Å². The van der Waals surface area contributed by atoms with Gasteiger partial charge in [-0.2, -0.15) is 0 Å². The molecule has 1 N–H and O–H groups in total. The van der Waals surface area contributed by atoms with E-state index in [-0.39, 0.29) is 13.3 Å². The molecule has 0 saturated carbocycles. The van der Waals surface area contributed by atoms with Crippen molar-refractivity contribution >= 4 is 7.12 Å². The molecule has 0 radical (unpaired) electrons. The van der Waals surface area contributed by atoms with E-state index in [1.54, 1.807) is 0 Å². The molecule has 2 aliphatic heterocycles. The summed E-state index contributed by atoms with van der Waals surface area (Å²) in [4.78, 5) is 0. The fourth-order valence-corrected chi connectivity index (χ4v) is 3.14. The van der Waals surface area contributed by atoms with Gasteiger partial charge in [0, 0.05) is 12.6 Å². The van der Waals surface area contributed by atoms with E-state index in [2.05, 4.69) is 26.1 Å². The number of fused-ring (bicyclic) bond motifs is 2. The van der Waals surface area contributed by atoms with Crippen molar-refractivity contribution in [3.8, 4) is 0 Å². The van der Waals surface area contributed by atoms with Crippen LogP contribution < -0.4 is 5.32 Å². The Morgan fingerprint density at radius 1 is 1.31 bits per heavy atom. The molecule has 0 aromatic rings. The lowest BCUT2D eigenvalue weighted by atomic mass is 9.79. The molecular formula is C12H24BNO2. The van der Waals surface area contributed by atoms with Crippen LogP contribution in [-0.2, 0) is 9.31 Å². The van der Waals surface area contributed by atoms with Crippen molar-refractivity contribution in [3.63, 3.8) is 0 Å². The zero-order chi connectivity index (χ0) is 11.7. The Hall–Kier alpha value is -0.0551. The molecule has 0 aromatic carbocycles. The maximum absolute atomic E-state index is 5.83. The lowest BCUT2D eigenvalue weighted by molar-refractivity contribution is 0.127. The van der Waals surface area contributed by atoms with Crippen molar-refractivity contribution in [2.45, 2.75) is 52.7 Å². The molecule has 0 amide bonds. The zero-order valence-electron chi connectivity index (χ0n) is 10.9. The van der Waals surface area contributed by atoms with Crippen molar-refractivity contribution in [1.82, 2.24) is 5.32 Å². The van der Waals surface area contributed by atoms with E-state index in [4.69, 9.17) is 9.31 Å². The molecule has 0 aliphatic carbocycles. The second-order valence-corrected chi connectivity index (χ2v) is 5.73. The number of rotatable bonds is 1. The molecule has 4 atom stereocenters. The Morgan fingerprint density at radius 3 is 2.75 bits per heavy atom. The van der Waals surface area contributed by atoms with Gasteiger partial charge in [0.1, 0.15) is 0 Å². The highest BCUT2D eigenvalue weighted by Crippen LogP contribution is 2.34. The maximum Gasteiger partial charge on any atom is 0.454 e. The third-order valence-corrected chi connectivity index (χ3v) is 3.98. The van der Waals surface area contributed by atoms with Gasteiger partial charge in [0.2, 0.25) is 0 Å². The van der Waals surface area contributed by atoms with Crippen LogP contribution in [-0.4, -0.2) is 26.0 Å². The van der Waals surface area contributed by atoms with Crippen molar-refractivity contribution in [2.75, 3.05) is 6.61 Å².